The molecule has 0 aliphatic heterocycles. The number of carbonyl (C=O) groups excluding carboxylic acids is 2. The van der Waals surface area contributed by atoms with Crippen molar-refractivity contribution >= 4 is 11.8 Å². The van der Waals surface area contributed by atoms with Gasteiger partial charge < -0.3 is 15.4 Å². The first kappa shape index (κ1) is 43.1. The van der Waals surface area contributed by atoms with Crippen molar-refractivity contribution in [2.75, 3.05) is 13.2 Å². The van der Waals surface area contributed by atoms with E-state index < -0.39 is 6.04 Å². The Bertz CT molecular complexity index is 815. The van der Waals surface area contributed by atoms with Gasteiger partial charge in [0.15, 0.2) is 0 Å². The third kappa shape index (κ3) is 28.8. The molecule has 0 heterocycles. The summed E-state index contributed by atoms with van der Waals surface area (Å²) in [6.07, 6.45) is 35.6. The first-order valence-electron chi connectivity index (χ1n) is 20.4. The van der Waals surface area contributed by atoms with Gasteiger partial charge in [-0.05, 0) is 18.4 Å². The zero-order chi connectivity index (χ0) is 33.9. The molecule has 2 N–H and O–H groups in total. The molecule has 1 rings (SSSR count). The summed E-state index contributed by atoms with van der Waals surface area (Å²) in [4.78, 5) is 25.8. The Morgan fingerprint density at radius 2 is 0.957 bits per heavy atom. The Morgan fingerprint density at radius 3 is 1.40 bits per heavy atom. The molecule has 0 saturated heterocycles. The van der Waals surface area contributed by atoms with Crippen LogP contribution < -0.4 is 10.6 Å². The molecule has 1 aromatic rings. The lowest BCUT2D eigenvalue weighted by Crippen LogP contribution is -2.49. The van der Waals surface area contributed by atoms with Crippen LogP contribution in [0, 0.1) is 0 Å². The maximum atomic E-state index is 13.0. The Hall–Kier alpha value is -1.88. The molecule has 0 radical (unpaired) electrons. The third-order valence-corrected chi connectivity index (χ3v) is 9.38. The highest BCUT2D eigenvalue weighted by molar-refractivity contribution is 5.87. The van der Waals surface area contributed by atoms with E-state index in [1.165, 1.54) is 148 Å². The van der Waals surface area contributed by atoms with Gasteiger partial charge in [-0.1, -0.05) is 205 Å². The fraction of sp³-hybridized carbons (Fsp3) is 0.810. The molecule has 5 heteroatoms. The second-order valence-corrected chi connectivity index (χ2v) is 14.0. The normalized spacial score (nSPS) is 11.9. The summed E-state index contributed by atoms with van der Waals surface area (Å²) in [6, 6.07) is 9.32. The fourth-order valence-corrected chi connectivity index (χ4v) is 6.28. The molecular weight excluding hydrogens is 580 g/mol. The lowest BCUT2D eigenvalue weighted by Gasteiger charge is -2.19. The molecule has 0 unspecified atom stereocenters. The predicted octanol–water partition coefficient (Wildman–Crippen LogP) is 11.8. The van der Waals surface area contributed by atoms with Gasteiger partial charge in [0.05, 0.1) is 13.2 Å². The molecule has 2 amide bonds. The van der Waals surface area contributed by atoms with Gasteiger partial charge in [-0.2, -0.15) is 0 Å². The third-order valence-electron chi connectivity index (χ3n) is 9.38. The largest absolute Gasteiger partial charge is 0.374 e. The van der Waals surface area contributed by atoms with E-state index in [9.17, 15) is 9.59 Å². The van der Waals surface area contributed by atoms with Crippen LogP contribution in [0.1, 0.15) is 199 Å². The Balaban J connectivity index is 2.17. The van der Waals surface area contributed by atoms with Gasteiger partial charge in [-0.15, -0.1) is 0 Å². The molecule has 5 nitrogen and oxygen atoms in total. The van der Waals surface area contributed by atoms with Gasteiger partial charge in [0.2, 0.25) is 11.8 Å². The molecule has 0 fully saturated rings. The van der Waals surface area contributed by atoms with Crippen LogP contribution >= 0.6 is 0 Å². The number of carbonyl (C=O) groups is 2. The molecular formula is C42H76N2O3. The van der Waals surface area contributed by atoms with Gasteiger partial charge >= 0.3 is 0 Å². The van der Waals surface area contributed by atoms with Crippen molar-refractivity contribution < 1.29 is 14.3 Å². The number of amides is 2. The zero-order valence-electron chi connectivity index (χ0n) is 31.1. The van der Waals surface area contributed by atoms with Crippen LogP contribution in [0.25, 0.3) is 0 Å². The quantitative estimate of drug-likeness (QED) is 0.0714. The molecule has 272 valence electrons. The molecule has 0 aliphatic rings. The van der Waals surface area contributed by atoms with Crippen LogP contribution in [0.5, 0.6) is 0 Å². The van der Waals surface area contributed by atoms with E-state index in [0.29, 0.717) is 19.6 Å². The van der Waals surface area contributed by atoms with E-state index in [2.05, 4.69) is 24.5 Å². The van der Waals surface area contributed by atoms with Gasteiger partial charge in [-0.25, -0.2) is 0 Å². The molecule has 0 aromatic heterocycles. The fourth-order valence-electron chi connectivity index (χ4n) is 6.28. The van der Waals surface area contributed by atoms with E-state index >= 15 is 0 Å². The van der Waals surface area contributed by atoms with E-state index in [1.807, 2.05) is 30.3 Å². The van der Waals surface area contributed by atoms with Crippen molar-refractivity contribution in [3.05, 3.63) is 35.9 Å². The molecule has 0 aliphatic carbocycles. The number of unbranched alkanes of at least 4 members (excludes halogenated alkanes) is 25. The highest BCUT2D eigenvalue weighted by Crippen LogP contribution is 2.14. The van der Waals surface area contributed by atoms with E-state index in [1.54, 1.807) is 0 Å². The molecule has 47 heavy (non-hydrogen) atoms. The molecule has 1 aromatic carbocycles. The summed E-state index contributed by atoms with van der Waals surface area (Å²) in [6.45, 7) is 5.81. The molecule has 0 bridgehead atoms. The van der Waals surface area contributed by atoms with E-state index in [4.69, 9.17) is 4.74 Å². The van der Waals surface area contributed by atoms with E-state index in [0.717, 1.165) is 31.2 Å². The van der Waals surface area contributed by atoms with Crippen molar-refractivity contribution in [2.45, 2.75) is 206 Å². The summed E-state index contributed by atoms with van der Waals surface area (Å²) in [5, 5.41) is 6.03. The summed E-state index contributed by atoms with van der Waals surface area (Å²) in [5.41, 5.74) is 1.06. The number of ether oxygens (including phenoxy) is 1. The van der Waals surface area contributed by atoms with Crippen LogP contribution in [0.2, 0.25) is 0 Å². The highest BCUT2D eigenvalue weighted by Gasteiger charge is 2.20. The van der Waals surface area contributed by atoms with E-state index in [-0.39, 0.29) is 18.4 Å². The van der Waals surface area contributed by atoms with Crippen LogP contribution in [0.3, 0.4) is 0 Å². The zero-order valence-corrected chi connectivity index (χ0v) is 31.1. The van der Waals surface area contributed by atoms with Crippen LogP contribution in [0.4, 0.5) is 0 Å². The topological polar surface area (TPSA) is 67.4 Å². The summed E-state index contributed by atoms with van der Waals surface area (Å²) < 4.78 is 5.88. The first-order valence-corrected chi connectivity index (χ1v) is 20.4. The SMILES string of the molecule is CCCCCCCCCCCCCCCCCC(=O)N[C@@H](COCc1ccccc1)C(=O)NCCCCCCCCCCCCCC. The number of nitrogens with one attached hydrogen (secondary N) is 2. The number of hydrogen-bond donors (Lipinski definition) is 2. The minimum absolute atomic E-state index is 0.0477. The summed E-state index contributed by atoms with van der Waals surface area (Å²) in [5.74, 6) is -0.181. The van der Waals surface area contributed by atoms with Crippen LogP contribution in [0.15, 0.2) is 30.3 Å². The molecule has 1 atom stereocenters. The Morgan fingerprint density at radius 1 is 0.553 bits per heavy atom. The van der Waals surface area contributed by atoms with Gasteiger partial charge in [0.1, 0.15) is 6.04 Å². The minimum Gasteiger partial charge on any atom is -0.374 e. The van der Waals surface area contributed by atoms with Gasteiger partial charge in [0, 0.05) is 13.0 Å². The average molecular weight is 657 g/mol. The second kappa shape index (κ2) is 34.0. The number of benzene rings is 1. The number of hydrogen-bond acceptors (Lipinski definition) is 3. The van der Waals surface area contributed by atoms with Crippen molar-refractivity contribution in [1.29, 1.82) is 0 Å². The minimum atomic E-state index is -0.653. The summed E-state index contributed by atoms with van der Waals surface area (Å²) in [7, 11) is 0. The lowest BCUT2D eigenvalue weighted by atomic mass is 10.0. The first-order chi connectivity index (χ1) is 23.2. The lowest BCUT2D eigenvalue weighted by molar-refractivity contribution is -0.130. The van der Waals surface area contributed by atoms with Crippen molar-refractivity contribution in [3.63, 3.8) is 0 Å². The average Bonchev–Trinajstić information content (AvgIpc) is 3.08. The summed E-state index contributed by atoms with van der Waals surface area (Å²) >= 11 is 0. The maximum absolute atomic E-state index is 13.0. The second-order valence-electron chi connectivity index (χ2n) is 14.0. The number of rotatable bonds is 35. The monoisotopic (exact) mass is 657 g/mol. The maximum Gasteiger partial charge on any atom is 0.244 e. The van der Waals surface area contributed by atoms with Gasteiger partial charge in [-0.3, -0.25) is 9.59 Å². The molecule has 0 saturated carbocycles. The smallest absolute Gasteiger partial charge is 0.244 e. The van der Waals surface area contributed by atoms with Crippen molar-refractivity contribution in [3.8, 4) is 0 Å². The van der Waals surface area contributed by atoms with Crippen molar-refractivity contribution in [2.24, 2.45) is 0 Å². The van der Waals surface area contributed by atoms with Crippen molar-refractivity contribution in [1.82, 2.24) is 10.6 Å². The van der Waals surface area contributed by atoms with Gasteiger partial charge in [0.25, 0.3) is 0 Å². The Labute approximate surface area is 291 Å². The predicted molar refractivity (Wildman–Crippen MR) is 202 cm³/mol. The van der Waals surface area contributed by atoms with Crippen LogP contribution in [-0.2, 0) is 20.9 Å². The Kier molecular flexibility index (Phi) is 31.2. The standard InChI is InChI=1S/C42H76N2O3/c1-3-5-7-9-11-13-15-17-18-19-20-22-24-26-31-35-41(45)44-40(38-47-37-39-33-29-28-30-34-39)42(46)43-36-32-27-25-23-21-16-14-12-10-8-6-4-2/h28-30,33-34,40H,3-27,31-32,35-38H2,1-2H3,(H,43,46)(H,44,45)/t40-/m0/s1. The molecule has 0 spiro atoms. The van der Waals surface area contributed by atoms with Crippen LogP contribution in [-0.4, -0.2) is 31.0 Å². The highest BCUT2D eigenvalue weighted by atomic mass is 16.5.